The molecule has 0 unspecified atom stereocenters. The third-order valence-electron chi connectivity index (χ3n) is 7.59. The summed E-state index contributed by atoms with van der Waals surface area (Å²) in [5, 5.41) is 20.7. The van der Waals surface area contributed by atoms with Crippen LogP contribution in [0.2, 0.25) is 0 Å². The van der Waals surface area contributed by atoms with E-state index in [2.05, 4.69) is 6.92 Å². The van der Waals surface area contributed by atoms with E-state index in [-0.39, 0.29) is 29.0 Å². The highest BCUT2D eigenvalue weighted by Crippen LogP contribution is 2.62. The zero-order valence-electron chi connectivity index (χ0n) is 15.3. The second-order valence-corrected chi connectivity index (χ2v) is 9.10. The Morgan fingerprint density at radius 1 is 1.25 bits per heavy atom. The summed E-state index contributed by atoms with van der Waals surface area (Å²) in [4.78, 5) is 24.8. The highest BCUT2D eigenvalue weighted by molar-refractivity contribution is 5.98. The number of rotatable bonds is 2. The van der Waals surface area contributed by atoms with Crippen molar-refractivity contribution in [3.05, 3.63) is 11.6 Å². The highest BCUT2D eigenvalue weighted by Gasteiger charge is 2.60. The van der Waals surface area contributed by atoms with Crippen LogP contribution in [0.1, 0.15) is 66.2 Å². The van der Waals surface area contributed by atoms with E-state index in [0.717, 1.165) is 24.8 Å². The first-order valence-electron chi connectivity index (χ1n) is 9.26. The Hall–Kier alpha value is -1.16. The number of aliphatic carboxylic acids is 1. The van der Waals surface area contributed by atoms with Gasteiger partial charge in [-0.15, -0.1) is 0 Å². The molecule has 0 spiro atoms. The molecule has 4 heteroatoms. The lowest BCUT2D eigenvalue weighted by molar-refractivity contribution is -0.166. The van der Waals surface area contributed by atoms with E-state index in [1.54, 1.807) is 0 Å². The second kappa shape index (κ2) is 5.42. The van der Waals surface area contributed by atoms with Gasteiger partial charge in [0.2, 0.25) is 0 Å². The third kappa shape index (κ3) is 2.29. The predicted octanol–water partition coefficient (Wildman–Crippen LogP) is 3.58. The quantitative estimate of drug-likeness (QED) is 0.809. The SMILES string of the molecule is CC(C)[C@]1(O)C=C2C(=O)C[C@H]3[C@@](C)(CCC[C@@]3(C)C(=O)O)[C@@H]2CC1. The fourth-order valence-electron chi connectivity index (χ4n) is 5.74. The van der Waals surface area contributed by atoms with Gasteiger partial charge < -0.3 is 10.2 Å². The minimum absolute atomic E-state index is 0.0515. The molecule has 2 saturated carbocycles. The number of carbonyl (C=O) groups is 2. The van der Waals surface area contributed by atoms with Gasteiger partial charge in [-0.1, -0.05) is 27.2 Å². The number of aliphatic hydroxyl groups is 1. The van der Waals surface area contributed by atoms with Crippen LogP contribution in [0.15, 0.2) is 11.6 Å². The summed E-state index contributed by atoms with van der Waals surface area (Å²) in [7, 11) is 0. The maximum absolute atomic E-state index is 12.9. The number of hydrogen-bond donors (Lipinski definition) is 2. The number of ketones is 1. The molecule has 3 rings (SSSR count). The summed E-state index contributed by atoms with van der Waals surface area (Å²) >= 11 is 0. The van der Waals surface area contributed by atoms with Gasteiger partial charge in [0, 0.05) is 6.42 Å². The average Bonchev–Trinajstić information content (AvgIpc) is 2.49. The van der Waals surface area contributed by atoms with E-state index >= 15 is 0 Å². The number of carboxylic acids is 1. The highest BCUT2D eigenvalue weighted by atomic mass is 16.4. The minimum Gasteiger partial charge on any atom is -0.481 e. The van der Waals surface area contributed by atoms with Crippen molar-refractivity contribution >= 4 is 11.8 Å². The van der Waals surface area contributed by atoms with E-state index in [1.807, 2.05) is 26.8 Å². The van der Waals surface area contributed by atoms with Gasteiger partial charge in [0.25, 0.3) is 0 Å². The molecule has 5 atom stereocenters. The summed E-state index contributed by atoms with van der Waals surface area (Å²) in [6.07, 6.45) is 6.06. The van der Waals surface area contributed by atoms with E-state index < -0.39 is 17.0 Å². The van der Waals surface area contributed by atoms with Crippen molar-refractivity contribution in [2.45, 2.75) is 71.8 Å². The van der Waals surface area contributed by atoms with Crippen LogP contribution >= 0.6 is 0 Å². The van der Waals surface area contributed by atoms with Crippen molar-refractivity contribution in [3.63, 3.8) is 0 Å². The summed E-state index contributed by atoms with van der Waals surface area (Å²) in [6, 6.07) is 0. The Balaban J connectivity index is 2.05. The predicted molar refractivity (Wildman–Crippen MR) is 91.4 cm³/mol. The fraction of sp³-hybridized carbons (Fsp3) is 0.800. The van der Waals surface area contributed by atoms with E-state index in [0.29, 0.717) is 19.3 Å². The number of carboxylic acid groups (broad SMARTS) is 1. The maximum atomic E-state index is 12.9. The van der Waals surface area contributed by atoms with E-state index in [9.17, 15) is 19.8 Å². The van der Waals surface area contributed by atoms with Gasteiger partial charge in [-0.2, -0.15) is 0 Å². The number of hydrogen-bond acceptors (Lipinski definition) is 3. The molecule has 4 nitrogen and oxygen atoms in total. The molecule has 0 saturated heterocycles. The topological polar surface area (TPSA) is 74.6 Å². The van der Waals surface area contributed by atoms with Crippen LogP contribution < -0.4 is 0 Å². The van der Waals surface area contributed by atoms with Gasteiger partial charge in [-0.25, -0.2) is 0 Å². The lowest BCUT2D eigenvalue weighted by atomic mass is 9.45. The van der Waals surface area contributed by atoms with Gasteiger partial charge >= 0.3 is 5.97 Å². The molecule has 0 heterocycles. The summed E-state index contributed by atoms with van der Waals surface area (Å²) in [6.45, 7) is 7.98. The van der Waals surface area contributed by atoms with Crippen LogP contribution in [-0.4, -0.2) is 27.6 Å². The first kappa shape index (κ1) is 17.7. The minimum atomic E-state index is -0.907. The molecule has 0 aromatic heterocycles. The Morgan fingerprint density at radius 2 is 1.92 bits per heavy atom. The van der Waals surface area contributed by atoms with Crippen molar-refractivity contribution in [3.8, 4) is 0 Å². The number of fused-ring (bicyclic) bond motifs is 3. The molecule has 24 heavy (non-hydrogen) atoms. The molecule has 0 aromatic rings. The first-order valence-corrected chi connectivity index (χ1v) is 9.26. The van der Waals surface area contributed by atoms with Gasteiger partial charge in [0.1, 0.15) is 0 Å². The van der Waals surface area contributed by atoms with Crippen LogP contribution in [0.4, 0.5) is 0 Å². The number of carbonyl (C=O) groups excluding carboxylic acids is 1. The van der Waals surface area contributed by atoms with E-state index in [4.69, 9.17) is 0 Å². The molecule has 0 radical (unpaired) electrons. The van der Waals surface area contributed by atoms with Gasteiger partial charge in [-0.3, -0.25) is 9.59 Å². The smallest absolute Gasteiger partial charge is 0.309 e. The van der Waals surface area contributed by atoms with Gasteiger partial charge in [-0.05, 0) is 67.4 Å². The van der Waals surface area contributed by atoms with Crippen molar-refractivity contribution in [1.82, 2.24) is 0 Å². The molecule has 3 aliphatic rings. The summed E-state index contributed by atoms with van der Waals surface area (Å²) in [5.41, 5.74) is -1.12. The molecule has 3 aliphatic carbocycles. The van der Waals surface area contributed by atoms with E-state index in [1.165, 1.54) is 0 Å². The number of Topliss-reactive ketones (excluding diaryl/α,β-unsaturated/α-hetero) is 1. The molecule has 2 fully saturated rings. The Morgan fingerprint density at radius 3 is 2.50 bits per heavy atom. The standard InChI is InChI=1S/C20H30O4/c1-12(2)20(24)9-6-14-13(11-20)15(21)10-16-18(14,3)7-5-8-19(16,4)17(22)23/h11-12,14,16,24H,5-10H2,1-4H3,(H,22,23)/t14-,16+,18+,19-,20-/m1/s1. The van der Waals surface area contributed by atoms with Crippen LogP contribution in [0.25, 0.3) is 0 Å². The monoisotopic (exact) mass is 334 g/mol. The lowest BCUT2D eigenvalue weighted by Crippen LogP contribution is -2.57. The lowest BCUT2D eigenvalue weighted by Gasteiger charge is -2.58. The zero-order valence-corrected chi connectivity index (χ0v) is 15.3. The van der Waals surface area contributed by atoms with Crippen LogP contribution in [0, 0.1) is 28.6 Å². The third-order valence-corrected chi connectivity index (χ3v) is 7.59. The van der Waals surface area contributed by atoms with Crippen LogP contribution in [0.3, 0.4) is 0 Å². The summed E-state index contributed by atoms with van der Waals surface area (Å²) in [5.74, 6) is -0.679. The largest absolute Gasteiger partial charge is 0.481 e. The molecule has 0 amide bonds. The summed E-state index contributed by atoms with van der Waals surface area (Å²) < 4.78 is 0. The maximum Gasteiger partial charge on any atom is 0.309 e. The van der Waals surface area contributed by atoms with Crippen molar-refractivity contribution in [2.75, 3.05) is 0 Å². The Labute approximate surface area is 144 Å². The van der Waals surface area contributed by atoms with Crippen molar-refractivity contribution in [1.29, 1.82) is 0 Å². The van der Waals surface area contributed by atoms with Crippen LogP contribution in [-0.2, 0) is 9.59 Å². The Bertz CT molecular complexity index is 607. The number of allylic oxidation sites excluding steroid dienone is 1. The van der Waals surface area contributed by atoms with Crippen molar-refractivity contribution < 1.29 is 19.8 Å². The zero-order chi connectivity index (χ0) is 17.9. The second-order valence-electron chi connectivity index (χ2n) is 9.10. The molecular weight excluding hydrogens is 304 g/mol. The Kier molecular flexibility index (Phi) is 3.99. The van der Waals surface area contributed by atoms with Gasteiger partial charge in [0.15, 0.2) is 5.78 Å². The van der Waals surface area contributed by atoms with Crippen molar-refractivity contribution in [2.24, 2.45) is 28.6 Å². The molecule has 0 bridgehead atoms. The van der Waals surface area contributed by atoms with Crippen LogP contribution in [0.5, 0.6) is 0 Å². The fourth-order valence-corrected chi connectivity index (χ4v) is 5.74. The normalized spacial score (nSPS) is 45.4. The molecule has 0 aromatic carbocycles. The first-order chi connectivity index (χ1) is 11.0. The van der Waals surface area contributed by atoms with Gasteiger partial charge in [0.05, 0.1) is 11.0 Å². The molecule has 2 N–H and O–H groups in total. The molecular formula is C20H30O4. The molecule has 0 aliphatic heterocycles. The molecule has 134 valence electrons. The average molecular weight is 334 g/mol.